The molecule has 0 radical (unpaired) electrons. The van der Waals surface area contributed by atoms with Crippen LogP contribution in [0.1, 0.15) is 48.5 Å². The van der Waals surface area contributed by atoms with Crippen LogP contribution >= 0.6 is 0 Å². The van der Waals surface area contributed by atoms with Gasteiger partial charge < -0.3 is 15.0 Å². The van der Waals surface area contributed by atoms with Crippen molar-refractivity contribution in [3.8, 4) is 5.75 Å². The largest absolute Gasteiger partial charge is 0.496 e. The molecule has 29 heavy (non-hydrogen) atoms. The molecular formula is C22H26N4O3. The number of likely N-dealkylation sites (tertiary alicyclic amines) is 1. The van der Waals surface area contributed by atoms with E-state index in [4.69, 9.17) is 4.74 Å². The number of piperidine rings is 1. The van der Waals surface area contributed by atoms with Gasteiger partial charge in [-0.05, 0) is 44.2 Å². The molecule has 1 aromatic carbocycles. The van der Waals surface area contributed by atoms with E-state index in [0.29, 0.717) is 30.2 Å². The summed E-state index contributed by atoms with van der Waals surface area (Å²) in [5.41, 5.74) is 1.44. The number of benzene rings is 1. The molecule has 1 saturated heterocycles. The molecule has 7 heteroatoms. The molecule has 2 aromatic rings. The summed E-state index contributed by atoms with van der Waals surface area (Å²) < 4.78 is 7.15. The monoisotopic (exact) mass is 394 g/mol. The number of methoxy groups -OCH3 is 1. The lowest BCUT2D eigenvalue weighted by atomic mass is 10.0. The van der Waals surface area contributed by atoms with Crippen molar-refractivity contribution >= 4 is 17.6 Å². The quantitative estimate of drug-likeness (QED) is 0.843. The van der Waals surface area contributed by atoms with Crippen LogP contribution in [0.5, 0.6) is 5.75 Å². The number of nitrogens with zero attached hydrogens (tertiary/aromatic N) is 3. The summed E-state index contributed by atoms with van der Waals surface area (Å²) in [6.45, 7) is 1.42. The van der Waals surface area contributed by atoms with Crippen LogP contribution in [0.3, 0.4) is 0 Å². The van der Waals surface area contributed by atoms with E-state index < -0.39 is 0 Å². The molecule has 0 unspecified atom stereocenters. The van der Waals surface area contributed by atoms with Crippen molar-refractivity contribution in [1.29, 1.82) is 0 Å². The summed E-state index contributed by atoms with van der Waals surface area (Å²) in [7, 11) is 1.55. The van der Waals surface area contributed by atoms with Crippen LogP contribution in [-0.4, -0.2) is 46.7 Å². The first kappa shape index (κ1) is 19.2. The average molecular weight is 394 g/mol. The first-order valence-corrected chi connectivity index (χ1v) is 10.1. The molecule has 1 fully saturated rings. The Balaban J connectivity index is 1.41. The Morgan fingerprint density at radius 2 is 1.97 bits per heavy atom. The lowest BCUT2D eigenvalue weighted by molar-refractivity contribution is -0.128. The number of para-hydroxylation sites is 1. The normalized spacial score (nSPS) is 17.1. The SMILES string of the molecule is COc1ccccc1C(=O)Nc1ccnn1C1CCN(C(=O)C2=CCCC2)CC1. The molecule has 1 aromatic heterocycles. The molecule has 1 aliphatic heterocycles. The zero-order valence-electron chi connectivity index (χ0n) is 16.6. The summed E-state index contributed by atoms with van der Waals surface area (Å²) in [4.78, 5) is 27.3. The van der Waals surface area contributed by atoms with E-state index in [9.17, 15) is 9.59 Å². The van der Waals surface area contributed by atoms with E-state index in [1.165, 1.54) is 0 Å². The highest BCUT2D eigenvalue weighted by atomic mass is 16.5. The topological polar surface area (TPSA) is 76.5 Å². The van der Waals surface area contributed by atoms with Crippen LogP contribution in [0.15, 0.2) is 48.2 Å². The number of rotatable bonds is 5. The van der Waals surface area contributed by atoms with Gasteiger partial charge in [-0.2, -0.15) is 5.10 Å². The van der Waals surface area contributed by atoms with Gasteiger partial charge in [-0.25, -0.2) is 4.68 Å². The molecule has 1 aliphatic carbocycles. The lowest BCUT2D eigenvalue weighted by Gasteiger charge is -2.33. The van der Waals surface area contributed by atoms with Crippen LogP contribution in [0, 0.1) is 0 Å². The van der Waals surface area contributed by atoms with Crippen LogP contribution in [0.25, 0.3) is 0 Å². The van der Waals surface area contributed by atoms with Gasteiger partial charge in [-0.1, -0.05) is 18.2 Å². The number of allylic oxidation sites excluding steroid dienone is 1. The Morgan fingerprint density at radius 3 is 2.69 bits per heavy atom. The van der Waals surface area contributed by atoms with Crippen LogP contribution in [-0.2, 0) is 4.79 Å². The zero-order valence-corrected chi connectivity index (χ0v) is 16.6. The van der Waals surface area contributed by atoms with Crippen molar-refractivity contribution < 1.29 is 14.3 Å². The smallest absolute Gasteiger partial charge is 0.260 e. The molecule has 0 atom stereocenters. The number of carbonyl (C=O) groups excluding carboxylic acids is 2. The van der Waals surface area contributed by atoms with Gasteiger partial charge >= 0.3 is 0 Å². The molecular weight excluding hydrogens is 368 g/mol. The van der Waals surface area contributed by atoms with Crippen molar-refractivity contribution in [2.75, 3.05) is 25.5 Å². The van der Waals surface area contributed by atoms with Crippen LogP contribution in [0.4, 0.5) is 5.82 Å². The minimum absolute atomic E-state index is 0.152. The van der Waals surface area contributed by atoms with Crippen LogP contribution in [0.2, 0.25) is 0 Å². The molecule has 4 rings (SSSR count). The maximum Gasteiger partial charge on any atom is 0.260 e. The Morgan fingerprint density at radius 1 is 1.17 bits per heavy atom. The van der Waals surface area contributed by atoms with Gasteiger partial charge in [0.05, 0.1) is 24.9 Å². The lowest BCUT2D eigenvalue weighted by Crippen LogP contribution is -2.40. The van der Waals surface area contributed by atoms with Gasteiger partial charge in [-0.15, -0.1) is 0 Å². The number of carbonyl (C=O) groups is 2. The second-order valence-electron chi connectivity index (χ2n) is 7.46. The maximum absolute atomic E-state index is 12.7. The second kappa shape index (κ2) is 8.51. The second-order valence-corrected chi connectivity index (χ2v) is 7.46. The summed E-state index contributed by atoms with van der Waals surface area (Å²) in [5, 5.41) is 7.38. The summed E-state index contributed by atoms with van der Waals surface area (Å²) in [5.74, 6) is 1.14. The zero-order chi connectivity index (χ0) is 20.2. The molecule has 0 saturated carbocycles. The minimum atomic E-state index is -0.231. The highest BCUT2D eigenvalue weighted by Gasteiger charge is 2.28. The van der Waals surface area contributed by atoms with E-state index in [2.05, 4.69) is 16.5 Å². The Hall–Kier alpha value is -3.09. The Bertz CT molecular complexity index is 926. The predicted molar refractivity (Wildman–Crippen MR) is 110 cm³/mol. The summed E-state index contributed by atoms with van der Waals surface area (Å²) in [6, 6.07) is 9.08. The third kappa shape index (κ3) is 4.04. The minimum Gasteiger partial charge on any atom is -0.496 e. The highest BCUT2D eigenvalue weighted by molar-refractivity contribution is 6.05. The van der Waals surface area contributed by atoms with Gasteiger partial charge in [0.2, 0.25) is 5.91 Å². The number of ether oxygens (including phenoxy) is 1. The highest BCUT2D eigenvalue weighted by Crippen LogP contribution is 2.28. The molecule has 0 bridgehead atoms. The average Bonchev–Trinajstić information content (AvgIpc) is 3.45. The molecule has 0 spiro atoms. The number of hydrogen-bond donors (Lipinski definition) is 1. The van der Waals surface area contributed by atoms with Crippen molar-refractivity contribution in [2.24, 2.45) is 0 Å². The van der Waals surface area contributed by atoms with Gasteiger partial charge in [-0.3, -0.25) is 9.59 Å². The first-order chi connectivity index (χ1) is 14.2. The van der Waals surface area contributed by atoms with Gasteiger partial charge in [0, 0.05) is 24.7 Å². The van der Waals surface area contributed by atoms with E-state index in [-0.39, 0.29) is 17.9 Å². The molecule has 7 nitrogen and oxygen atoms in total. The van der Waals surface area contributed by atoms with Crippen molar-refractivity contribution in [3.05, 3.63) is 53.7 Å². The fourth-order valence-corrected chi connectivity index (χ4v) is 4.10. The molecule has 2 amide bonds. The van der Waals surface area contributed by atoms with E-state index >= 15 is 0 Å². The predicted octanol–water partition coefficient (Wildman–Crippen LogP) is 3.42. The molecule has 152 valence electrons. The summed E-state index contributed by atoms with van der Waals surface area (Å²) >= 11 is 0. The van der Waals surface area contributed by atoms with E-state index in [1.54, 1.807) is 37.6 Å². The fourth-order valence-electron chi connectivity index (χ4n) is 4.10. The number of amides is 2. The van der Waals surface area contributed by atoms with Gasteiger partial charge in [0.15, 0.2) is 0 Å². The molecule has 1 N–H and O–H groups in total. The number of aromatic nitrogens is 2. The standard InChI is InChI=1S/C22H26N4O3/c1-29-19-9-5-4-8-18(19)21(27)24-20-10-13-23-26(20)17-11-14-25(15-12-17)22(28)16-6-2-3-7-16/h4-6,8-10,13,17H,2-3,7,11-12,14-15H2,1H3,(H,24,27). The van der Waals surface area contributed by atoms with Crippen molar-refractivity contribution in [1.82, 2.24) is 14.7 Å². The number of hydrogen-bond acceptors (Lipinski definition) is 4. The van der Waals surface area contributed by atoms with Crippen molar-refractivity contribution in [3.63, 3.8) is 0 Å². The molecule has 2 aliphatic rings. The molecule has 2 heterocycles. The van der Waals surface area contributed by atoms with Crippen molar-refractivity contribution in [2.45, 2.75) is 38.1 Å². The summed E-state index contributed by atoms with van der Waals surface area (Å²) in [6.07, 6.45) is 8.40. The fraction of sp³-hybridized carbons (Fsp3) is 0.409. The van der Waals surface area contributed by atoms with Gasteiger partial charge in [0.25, 0.3) is 5.91 Å². The van der Waals surface area contributed by atoms with E-state index in [0.717, 1.165) is 37.7 Å². The maximum atomic E-state index is 12.7. The third-order valence-corrected chi connectivity index (χ3v) is 5.68. The van der Waals surface area contributed by atoms with Crippen LogP contribution < -0.4 is 10.1 Å². The van der Waals surface area contributed by atoms with E-state index in [1.807, 2.05) is 15.6 Å². The Kier molecular flexibility index (Phi) is 5.64. The Labute approximate surface area is 170 Å². The number of nitrogens with one attached hydrogen (secondary N) is 1. The van der Waals surface area contributed by atoms with Gasteiger partial charge in [0.1, 0.15) is 11.6 Å². The number of anilines is 1. The third-order valence-electron chi connectivity index (χ3n) is 5.68. The first-order valence-electron chi connectivity index (χ1n) is 10.1.